The van der Waals surface area contributed by atoms with E-state index in [0.717, 1.165) is 6.07 Å². The number of primary sulfonamides is 1. The maximum atomic E-state index is 13.6. The second-order valence-electron chi connectivity index (χ2n) is 6.76. The van der Waals surface area contributed by atoms with Gasteiger partial charge in [-0.2, -0.15) is 18.3 Å². The van der Waals surface area contributed by atoms with Gasteiger partial charge in [0.1, 0.15) is 10.7 Å². The van der Waals surface area contributed by atoms with Gasteiger partial charge in [0.15, 0.2) is 12.5 Å². The molecule has 0 unspecified atom stereocenters. The Bertz CT molecular complexity index is 1200. The van der Waals surface area contributed by atoms with Crippen LogP contribution in [0.5, 0.6) is 0 Å². The van der Waals surface area contributed by atoms with Crippen molar-refractivity contribution in [3.63, 3.8) is 0 Å². The van der Waals surface area contributed by atoms with E-state index in [4.69, 9.17) is 16.6 Å². The van der Waals surface area contributed by atoms with E-state index in [1.54, 1.807) is 24.3 Å². The van der Waals surface area contributed by atoms with Gasteiger partial charge < -0.3 is 11.5 Å². The van der Waals surface area contributed by atoms with Crippen molar-refractivity contribution in [2.75, 3.05) is 19.8 Å². The first kappa shape index (κ1) is 23.5. The first-order chi connectivity index (χ1) is 15.0. The van der Waals surface area contributed by atoms with Gasteiger partial charge in [-0.15, -0.1) is 5.11 Å². The number of halogens is 3. The summed E-state index contributed by atoms with van der Waals surface area (Å²) >= 11 is 0. The summed E-state index contributed by atoms with van der Waals surface area (Å²) in [5.74, 6) is 0.0268. The van der Waals surface area contributed by atoms with Crippen molar-refractivity contribution in [2.24, 2.45) is 36.8 Å². The molecule has 0 fully saturated rings. The predicted molar refractivity (Wildman–Crippen MR) is 114 cm³/mol. The van der Waals surface area contributed by atoms with Gasteiger partial charge in [-0.3, -0.25) is 4.99 Å². The molecule has 0 saturated carbocycles. The minimum atomic E-state index is -4.97. The highest BCUT2D eigenvalue weighted by atomic mass is 32.2. The maximum Gasteiger partial charge on any atom is 0.417 e. The third kappa shape index (κ3) is 5.00. The molecule has 0 aliphatic carbocycles. The average molecular weight is 467 g/mol. The Morgan fingerprint density at radius 1 is 1.12 bits per heavy atom. The van der Waals surface area contributed by atoms with Crippen LogP contribution in [0.15, 0.2) is 61.5 Å². The number of aliphatic imine (C=N–C) groups is 2. The molecule has 3 rings (SSSR count). The van der Waals surface area contributed by atoms with Gasteiger partial charge in [0, 0.05) is 17.7 Å². The lowest BCUT2D eigenvalue weighted by Gasteiger charge is -2.18. The lowest BCUT2D eigenvalue weighted by molar-refractivity contribution is -0.139. The number of alkyl halides is 3. The van der Waals surface area contributed by atoms with Crippen molar-refractivity contribution in [3.8, 4) is 11.1 Å². The number of nitrogens with zero attached hydrogens (tertiary/aromatic N) is 4. The van der Waals surface area contributed by atoms with Crippen LogP contribution in [-0.2, 0) is 16.2 Å². The molecule has 0 amide bonds. The van der Waals surface area contributed by atoms with Gasteiger partial charge in [-0.25, -0.2) is 18.5 Å². The summed E-state index contributed by atoms with van der Waals surface area (Å²) in [5, 5.41) is 12.5. The minimum Gasteiger partial charge on any atom is -0.384 e. The molecule has 0 radical (unpaired) electrons. The van der Waals surface area contributed by atoms with Crippen LogP contribution in [0.2, 0.25) is 0 Å². The highest BCUT2D eigenvalue weighted by Gasteiger charge is 2.40. The van der Waals surface area contributed by atoms with Gasteiger partial charge in [-0.1, -0.05) is 30.3 Å². The third-order valence-corrected chi connectivity index (χ3v) is 5.55. The molecule has 2 aromatic rings. The van der Waals surface area contributed by atoms with Crippen molar-refractivity contribution in [3.05, 3.63) is 53.1 Å². The summed E-state index contributed by atoms with van der Waals surface area (Å²) in [7, 11) is -4.80. The molecule has 13 heteroatoms. The number of benzene rings is 2. The number of amidine groups is 2. The SMILES string of the molecule is NCCCN=C(N)c1ccc(-c2ccc(C(F)(F)F)c(S(N)(=O)=O)c2C2=NCN=N2)cc1. The van der Waals surface area contributed by atoms with E-state index in [1.807, 2.05) is 0 Å². The van der Waals surface area contributed by atoms with Crippen LogP contribution in [-0.4, -0.2) is 39.8 Å². The highest BCUT2D eigenvalue weighted by molar-refractivity contribution is 7.89. The molecule has 0 bridgehead atoms. The number of azo groups is 1. The number of nitrogens with two attached hydrogens (primary N) is 3. The number of hydrogen-bond donors (Lipinski definition) is 3. The standard InChI is InChI=1S/C19H20F3N7O2S/c20-19(21,22)14-7-6-13(15(16(14)32(25,30)31)18-27-10-28-29-18)11-2-4-12(5-3-11)17(24)26-9-1-8-23/h2-7H,1,8-10,23H2,(H2,24,26)(H2,25,30,31). The molecule has 170 valence electrons. The maximum absolute atomic E-state index is 13.6. The van der Waals surface area contributed by atoms with Crippen molar-refractivity contribution >= 4 is 21.7 Å². The first-order valence-corrected chi connectivity index (χ1v) is 10.9. The molecule has 2 aromatic carbocycles. The van der Waals surface area contributed by atoms with Crippen LogP contribution < -0.4 is 16.6 Å². The van der Waals surface area contributed by atoms with Crippen LogP contribution >= 0.6 is 0 Å². The largest absolute Gasteiger partial charge is 0.417 e. The van der Waals surface area contributed by atoms with Crippen LogP contribution in [0.4, 0.5) is 13.2 Å². The van der Waals surface area contributed by atoms with Gasteiger partial charge in [0.25, 0.3) is 0 Å². The molecule has 6 N–H and O–H groups in total. The Kier molecular flexibility index (Phi) is 6.71. The Morgan fingerprint density at radius 2 is 1.81 bits per heavy atom. The molecule has 32 heavy (non-hydrogen) atoms. The number of rotatable bonds is 7. The molecule has 0 saturated heterocycles. The fourth-order valence-corrected chi connectivity index (χ4v) is 4.10. The van der Waals surface area contributed by atoms with Gasteiger partial charge >= 0.3 is 6.18 Å². The average Bonchev–Trinajstić information content (AvgIpc) is 3.26. The fourth-order valence-electron chi connectivity index (χ4n) is 3.12. The Hall–Kier alpha value is -3.16. The quantitative estimate of drug-likeness (QED) is 0.323. The normalized spacial score (nSPS) is 14.7. The van der Waals surface area contributed by atoms with E-state index >= 15 is 0 Å². The van der Waals surface area contributed by atoms with Crippen LogP contribution in [0.25, 0.3) is 11.1 Å². The highest BCUT2D eigenvalue weighted by Crippen LogP contribution is 2.40. The molecule has 9 nitrogen and oxygen atoms in total. The summed E-state index contributed by atoms with van der Waals surface area (Å²) in [6.07, 6.45) is -4.30. The van der Waals surface area contributed by atoms with Gasteiger partial charge in [-0.05, 0) is 30.2 Å². The summed E-state index contributed by atoms with van der Waals surface area (Å²) < 4.78 is 65.3. The van der Waals surface area contributed by atoms with Crippen LogP contribution in [0.3, 0.4) is 0 Å². The van der Waals surface area contributed by atoms with Crippen molar-refractivity contribution in [1.29, 1.82) is 0 Å². The lowest BCUT2D eigenvalue weighted by Crippen LogP contribution is -2.23. The Labute approximate surface area is 182 Å². The van der Waals surface area contributed by atoms with E-state index in [0.29, 0.717) is 36.7 Å². The monoisotopic (exact) mass is 467 g/mol. The van der Waals surface area contributed by atoms with Crippen LogP contribution in [0.1, 0.15) is 23.1 Å². The zero-order chi connectivity index (χ0) is 23.5. The summed E-state index contributed by atoms with van der Waals surface area (Å²) in [5.41, 5.74) is 10.7. The Morgan fingerprint density at radius 3 is 2.34 bits per heavy atom. The van der Waals surface area contributed by atoms with E-state index < -0.39 is 26.7 Å². The summed E-state index contributed by atoms with van der Waals surface area (Å²) in [4.78, 5) is 7.02. The Balaban J connectivity index is 2.19. The number of sulfonamides is 1. The van der Waals surface area contributed by atoms with Gasteiger partial charge in [0.2, 0.25) is 10.0 Å². The third-order valence-electron chi connectivity index (χ3n) is 4.56. The molecule has 1 aliphatic heterocycles. The minimum absolute atomic E-state index is 0.135. The summed E-state index contributed by atoms with van der Waals surface area (Å²) in [6, 6.07) is 8.20. The molecular formula is C19H20F3N7O2S. The van der Waals surface area contributed by atoms with Crippen LogP contribution in [0, 0.1) is 0 Å². The van der Waals surface area contributed by atoms with Crippen molar-refractivity contribution in [1.82, 2.24) is 0 Å². The van der Waals surface area contributed by atoms with E-state index in [-0.39, 0.29) is 29.5 Å². The molecular weight excluding hydrogens is 447 g/mol. The molecule has 1 heterocycles. The zero-order valence-electron chi connectivity index (χ0n) is 16.7. The van der Waals surface area contributed by atoms with Crippen molar-refractivity contribution in [2.45, 2.75) is 17.5 Å². The molecule has 0 aromatic heterocycles. The summed E-state index contributed by atoms with van der Waals surface area (Å²) in [6.45, 7) is 0.791. The molecule has 1 aliphatic rings. The van der Waals surface area contributed by atoms with E-state index in [2.05, 4.69) is 20.2 Å². The van der Waals surface area contributed by atoms with E-state index in [1.165, 1.54) is 0 Å². The number of hydrogen-bond acceptors (Lipinski definition) is 7. The van der Waals surface area contributed by atoms with Gasteiger partial charge in [0.05, 0.1) is 5.56 Å². The smallest absolute Gasteiger partial charge is 0.384 e. The molecule has 0 atom stereocenters. The molecule has 0 spiro atoms. The topological polar surface area (TPSA) is 162 Å². The lowest BCUT2D eigenvalue weighted by atomic mass is 9.95. The second-order valence-corrected chi connectivity index (χ2v) is 8.26. The fraction of sp³-hybridized carbons (Fsp3) is 0.263. The predicted octanol–water partition coefficient (Wildman–Crippen LogP) is 2.24. The van der Waals surface area contributed by atoms with E-state index in [9.17, 15) is 21.6 Å². The van der Waals surface area contributed by atoms with Crippen molar-refractivity contribution < 1.29 is 21.6 Å². The zero-order valence-corrected chi connectivity index (χ0v) is 17.5. The second kappa shape index (κ2) is 9.14. The first-order valence-electron chi connectivity index (χ1n) is 9.34.